The summed E-state index contributed by atoms with van der Waals surface area (Å²) < 4.78 is 4.67. The van der Waals surface area contributed by atoms with E-state index in [0.29, 0.717) is 6.54 Å². The molecule has 2 amide bonds. The maximum absolute atomic E-state index is 13.1. The molecule has 0 spiro atoms. The summed E-state index contributed by atoms with van der Waals surface area (Å²) in [4.78, 5) is 26.6. The Bertz CT molecular complexity index is 624. The van der Waals surface area contributed by atoms with Crippen LogP contribution in [0.2, 0.25) is 0 Å². The maximum Gasteiger partial charge on any atom is 0.407 e. The Morgan fingerprint density at radius 3 is 2.44 bits per heavy atom. The van der Waals surface area contributed by atoms with Crippen molar-refractivity contribution in [3.63, 3.8) is 0 Å². The number of anilines is 2. The number of ether oxygens (including phenoxy) is 1. The zero-order chi connectivity index (χ0) is 18.0. The molecule has 1 aromatic rings. The van der Waals surface area contributed by atoms with Crippen LogP contribution in [0.5, 0.6) is 0 Å². The van der Waals surface area contributed by atoms with Crippen molar-refractivity contribution in [1.29, 1.82) is 0 Å². The highest BCUT2D eigenvalue weighted by Gasteiger charge is 2.40. The third-order valence-electron chi connectivity index (χ3n) is 4.91. The Hall–Kier alpha value is -2.44. The molecule has 0 unspecified atom stereocenters. The molecule has 0 aliphatic carbocycles. The predicted octanol–water partition coefficient (Wildman–Crippen LogP) is 2.22. The first-order valence-corrected chi connectivity index (χ1v) is 8.78. The van der Waals surface area contributed by atoms with Gasteiger partial charge in [0.2, 0.25) is 5.91 Å². The third-order valence-corrected chi connectivity index (χ3v) is 4.91. The minimum atomic E-state index is -0.586. The number of benzene rings is 1. The van der Waals surface area contributed by atoms with Gasteiger partial charge in [0.1, 0.15) is 12.2 Å². The van der Waals surface area contributed by atoms with Crippen LogP contribution in [-0.4, -0.2) is 48.8 Å². The van der Waals surface area contributed by atoms with Crippen molar-refractivity contribution in [2.45, 2.75) is 44.9 Å². The molecular formula is C18H26N4O3. The number of methoxy groups -OCH3 is 1. The molecule has 1 aromatic carbocycles. The molecule has 1 fully saturated rings. The minimum Gasteiger partial charge on any atom is -0.453 e. The highest BCUT2D eigenvalue weighted by molar-refractivity contribution is 5.86. The van der Waals surface area contributed by atoms with E-state index in [2.05, 4.69) is 20.7 Å². The first kappa shape index (κ1) is 17.4. The fourth-order valence-corrected chi connectivity index (χ4v) is 3.59. The number of nitrogens with zero attached hydrogens (tertiary/aromatic N) is 1. The molecule has 0 bridgehead atoms. The number of carbonyl (C=O) groups excluding carboxylic acids is 2. The molecule has 2 aliphatic heterocycles. The van der Waals surface area contributed by atoms with Gasteiger partial charge in [0.15, 0.2) is 0 Å². The molecule has 3 rings (SSSR count). The zero-order valence-electron chi connectivity index (χ0n) is 14.9. The third kappa shape index (κ3) is 3.50. The average Bonchev–Trinajstić information content (AvgIpc) is 3.24. The summed E-state index contributed by atoms with van der Waals surface area (Å²) in [5.41, 5.74) is 2.11. The van der Waals surface area contributed by atoms with Crippen molar-refractivity contribution < 1.29 is 14.3 Å². The van der Waals surface area contributed by atoms with Gasteiger partial charge in [0.25, 0.3) is 0 Å². The van der Waals surface area contributed by atoms with Crippen molar-refractivity contribution in [3.8, 4) is 0 Å². The highest BCUT2D eigenvalue weighted by atomic mass is 16.5. The van der Waals surface area contributed by atoms with Crippen LogP contribution in [0.15, 0.2) is 24.3 Å². The second kappa shape index (κ2) is 7.21. The summed E-state index contributed by atoms with van der Waals surface area (Å²) >= 11 is 0. The molecule has 2 aliphatic rings. The number of rotatable bonds is 4. The van der Waals surface area contributed by atoms with Crippen molar-refractivity contribution in [1.82, 2.24) is 10.2 Å². The summed E-state index contributed by atoms with van der Waals surface area (Å²) in [6.07, 6.45) is 1.28. The fraction of sp³-hybridized carbons (Fsp3) is 0.556. The number of hydrogen-bond donors (Lipinski definition) is 3. The van der Waals surface area contributed by atoms with E-state index in [9.17, 15) is 9.59 Å². The van der Waals surface area contributed by atoms with E-state index >= 15 is 0 Å². The molecule has 25 heavy (non-hydrogen) atoms. The molecule has 2 atom stereocenters. The van der Waals surface area contributed by atoms with Gasteiger partial charge < -0.3 is 25.6 Å². The first-order chi connectivity index (χ1) is 12.0. The van der Waals surface area contributed by atoms with Crippen molar-refractivity contribution in [3.05, 3.63) is 24.3 Å². The smallest absolute Gasteiger partial charge is 0.407 e. The molecule has 1 saturated heterocycles. The Morgan fingerprint density at radius 1 is 1.24 bits per heavy atom. The Labute approximate surface area is 148 Å². The van der Waals surface area contributed by atoms with E-state index in [1.165, 1.54) is 7.11 Å². The van der Waals surface area contributed by atoms with Gasteiger partial charge in [-0.2, -0.15) is 0 Å². The number of hydrogen-bond acceptors (Lipinski definition) is 5. The lowest BCUT2D eigenvalue weighted by molar-refractivity contribution is -0.135. The van der Waals surface area contributed by atoms with Crippen LogP contribution < -0.4 is 16.0 Å². The molecular weight excluding hydrogens is 320 g/mol. The summed E-state index contributed by atoms with van der Waals surface area (Å²) in [7, 11) is 1.31. The number of nitrogens with one attached hydrogen (secondary N) is 3. The van der Waals surface area contributed by atoms with Crippen LogP contribution in [0.4, 0.5) is 16.2 Å². The average molecular weight is 346 g/mol. The molecule has 7 heteroatoms. The number of alkyl carbamates (subject to hydrolysis) is 1. The van der Waals surface area contributed by atoms with Gasteiger partial charge in [-0.3, -0.25) is 4.79 Å². The topological polar surface area (TPSA) is 82.7 Å². The molecule has 3 N–H and O–H groups in total. The van der Waals surface area contributed by atoms with Gasteiger partial charge in [-0.1, -0.05) is 26.0 Å². The number of fused-ring (bicyclic) bond motifs is 1. The van der Waals surface area contributed by atoms with Gasteiger partial charge in [-0.15, -0.1) is 0 Å². The maximum atomic E-state index is 13.1. The number of para-hydroxylation sites is 2. The van der Waals surface area contributed by atoms with Crippen molar-refractivity contribution >= 4 is 23.4 Å². The number of amides is 2. The van der Waals surface area contributed by atoms with E-state index < -0.39 is 12.1 Å². The summed E-state index contributed by atoms with van der Waals surface area (Å²) in [5, 5.41) is 9.61. The molecule has 0 saturated carbocycles. The normalized spacial score (nSPS) is 20.6. The summed E-state index contributed by atoms with van der Waals surface area (Å²) in [6, 6.07) is 7.49. The summed E-state index contributed by atoms with van der Waals surface area (Å²) in [6.45, 7) is 4.54. The molecule has 136 valence electrons. The van der Waals surface area contributed by atoms with Gasteiger partial charge in [0.05, 0.1) is 24.5 Å². The largest absolute Gasteiger partial charge is 0.453 e. The molecule has 2 heterocycles. The van der Waals surface area contributed by atoms with Gasteiger partial charge in [0, 0.05) is 6.54 Å². The van der Waals surface area contributed by atoms with Crippen LogP contribution in [-0.2, 0) is 9.53 Å². The quantitative estimate of drug-likeness (QED) is 0.779. The summed E-state index contributed by atoms with van der Waals surface area (Å²) in [5.74, 6) is -0.0722. The Kier molecular flexibility index (Phi) is 5.01. The van der Waals surface area contributed by atoms with Gasteiger partial charge in [-0.25, -0.2) is 4.79 Å². The molecule has 7 nitrogen and oxygen atoms in total. The number of carbonyl (C=O) groups is 2. The van der Waals surface area contributed by atoms with Crippen LogP contribution in [0.1, 0.15) is 26.7 Å². The monoisotopic (exact) mass is 346 g/mol. The van der Waals surface area contributed by atoms with E-state index in [-0.39, 0.29) is 24.0 Å². The molecule has 0 aromatic heterocycles. The van der Waals surface area contributed by atoms with Crippen molar-refractivity contribution in [2.24, 2.45) is 5.92 Å². The van der Waals surface area contributed by atoms with Crippen LogP contribution in [0.25, 0.3) is 0 Å². The Morgan fingerprint density at radius 2 is 1.88 bits per heavy atom. The van der Waals surface area contributed by atoms with E-state index in [4.69, 9.17) is 0 Å². The van der Waals surface area contributed by atoms with Crippen LogP contribution in [0.3, 0.4) is 0 Å². The van der Waals surface area contributed by atoms with Crippen LogP contribution in [0, 0.1) is 5.92 Å². The lowest BCUT2D eigenvalue weighted by Gasteiger charge is -2.33. The minimum absolute atomic E-state index is 0.0187. The van der Waals surface area contributed by atoms with E-state index in [0.717, 1.165) is 24.2 Å². The van der Waals surface area contributed by atoms with E-state index in [1.54, 1.807) is 0 Å². The number of likely N-dealkylation sites (tertiary alicyclic amines) is 1. The lowest BCUT2D eigenvalue weighted by Crippen LogP contribution is -2.56. The second-order valence-corrected chi connectivity index (χ2v) is 6.91. The zero-order valence-corrected chi connectivity index (χ0v) is 14.9. The molecule has 0 radical (unpaired) electrons. The Balaban J connectivity index is 1.72. The lowest BCUT2D eigenvalue weighted by atomic mass is 10.0. The SMILES string of the molecule is COC(=O)N[C@H](C(=O)N1CCC[C@H]1C1Nc2ccccc2N1)C(C)C. The highest BCUT2D eigenvalue weighted by Crippen LogP contribution is 2.33. The van der Waals surface area contributed by atoms with Gasteiger partial charge >= 0.3 is 6.09 Å². The second-order valence-electron chi connectivity index (χ2n) is 6.91. The fourth-order valence-electron chi connectivity index (χ4n) is 3.59. The van der Waals surface area contributed by atoms with Crippen molar-refractivity contribution in [2.75, 3.05) is 24.3 Å². The predicted molar refractivity (Wildman–Crippen MR) is 96.4 cm³/mol. The van der Waals surface area contributed by atoms with Crippen LogP contribution >= 0.6 is 0 Å². The van der Waals surface area contributed by atoms with E-state index in [1.807, 2.05) is 43.0 Å². The van der Waals surface area contributed by atoms with Gasteiger partial charge in [-0.05, 0) is 30.9 Å². The standard InChI is InChI=1S/C18H26N4O3/c1-11(2)15(21-18(24)25-3)17(23)22-10-6-9-14(22)16-19-12-7-4-5-8-13(12)20-16/h4-5,7-8,11,14-16,19-20H,6,9-10H2,1-3H3,(H,21,24)/t14-,15-/m0/s1. The first-order valence-electron chi connectivity index (χ1n) is 8.78.